The molecule has 0 saturated carbocycles. The van der Waals surface area contributed by atoms with Crippen LogP contribution in [0.3, 0.4) is 0 Å². The number of hydrogen-bond donors (Lipinski definition) is 2. The number of benzene rings is 1. The molecular weight excluding hydrogens is 247 g/mol. The van der Waals surface area contributed by atoms with Crippen LogP contribution in [0.25, 0.3) is 0 Å². The zero-order chi connectivity index (χ0) is 12.4. The third-order valence-corrected chi connectivity index (χ3v) is 2.87. The zero-order valence-electron chi connectivity index (χ0n) is 8.38. The number of rotatable bonds is 2. The number of nitrogens with zero attached hydrogens (tertiary/aromatic N) is 1. The average Bonchev–Trinajstić information content (AvgIpc) is 2.29. The van der Waals surface area contributed by atoms with Gasteiger partial charge in [-0.25, -0.2) is 9.18 Å². The summed E-state index contributed by atoms with van der Waals surface area (Å²) in [5, 5.41) is 9.21. The third kappa shape index (κ3) is 2.56. The van der Waals surface area contributed by atoms with E-state index in [2.05, 4.69) is 4.98 Å². The van der Waals surface area contributed by atoms with Crippen molar-refractivity contribution in [2.24, 2.45) is 0 Å². The summed E-state index contributed by atoms with van der Waals surface area (Å²) in [6.45, 7) is 0. The summed E-state index contributed by atoms with van der Waals surface area (Å²) in [6.07, 6.45) is 0. The van der Waals surface area contributed by atoms with Crippen molar-refractivity contribution in [2.45, 2.75) is 9.92 Å². The van der Waals surface area contributed by atoms with Crippen molar-refractivity contribution in [2.75, 3.05) is 0 Å². The molecule has 0 saturated heterocycles. The van der Waals surface area contributed by atoms with Gasteiger partial charge in [-0.15, -0.1) is 0 Å². The molecule has 1 aromatic heterocycles. The molecule has 2 N–H and O–H groups in total. The molecular formula is C10H7FN2O3S. The smallest absolute Gasteiger partial charge is 0.362 e. The summed E-state index contributed by atoms with van der Waals surface area (Å²) in [6, 6.07) is 6.66. The molecule has 0 aliphatic heterocycles. The largest absolute Gasteiger partial charge is 0.421 e. The van der Waals surface area contributed by atoms with Crippen LogP contribution in [-0.2, 0) is 0 Å². The Hall–Kier alpha value is -2.02. The van der Waals surface area contributed by atoms with Crippen LogP contribution in [0.4, 0.5) is 4.39 Å². The van der Waals surface area contributed by atoms with Crippen molar-refractivity contribution in [3.8, 4) is 0 Å². The van der Waals surface area contributed by atoms with Crippen LogP contribution in [0.5, 0.6) is 0 Å². The molecule has 0 bridgehead atoms. The van der Waals surface area contributed by atoms with Gasteiger partial charge in [-0.05, 0) is 24.3 Å². The Morgan fingerprint density at radius 1 is 1.24 bits per heavy atom. The second-order valence-corrected chi connectivity index (χ2v) is 4.26. The summed E-state index contributed by atoms with van der Waals surface area (Å²) < 4.78 is 12.6. The number of H-pyrrole nitrogens is 1. The monoisotopic (exact) mass is 254 g/mol. The van der Waals surface area contributed by atoms with Gasteiger partial charge in [0, 0.05) is 11.0 Å². The molecule has 0 spiro atoms. The van der Waals surface area contributed by atoms with Crippen LogP contribution in [0.2, 0.25) is 0 Å². The molecule has 1 aromatic carbocycles. The van der Waals surface area contributed by atoms with Gasteiger partial charge >= 0.3 is 5.69 Å². The molecule has 0 aliphatic carbocycles. The lowest BCUT2D eigenvalue weighted by Gasteiger charge is -2.01. The van der Waals surface area contributed by atoms with Crippen LogP contribution in [0.15, 0.2) is 49.8 Å². The Labute approximate surface area is 98.5 Å². The van der Waals surface area contributed by atoms with E-state index in [9.17, 15) is 14.0 Å². The maximum Gasteiger partial charge on any atom is 0.362 e. The standard InChI is InChI=1S/C10H7FN2O3S/c11-6-1-3-7(4-2-6)17-8-5-9(14)13(16)10(15)12-8/h1-5,16H,(H,12,15). The number of aromatic amines is 1. The molecule has 0 aliphatic rings. The highest BCUT2D eigenvalue weighted by Gasteiger charge is 2.04. The van der Waals surface area contributed by atoms with Gasteiger partial charge in [0.25, 0.3) is 5.56 Å². The molecule has 0 radical (unpaired) electrons. The van der Waals surface area contributed by atoms with Gasteiger partial charge < -0.3 is 5.21 Å². The Morgan fingerprint density at radius 3 is 2.47 bits per heavy atom. The third-order valence-electron chi connectivity index (χ3n) is 1.93. The van der Waals surface area contributed by atoms with Crippen LogP contribution >= 0.6 is 11.8 Å². The fourth-order valence-corrected chi connectivity index (χ4v) is 1.98. The van der Waals surface area contributed by atoms with E-state index in [1.165, 1.54) is 24.3 Å². The van der Waals surface area contributed by atoms with Crippen molar-refractivity contribution >= 4 is 11.8 Å². The average molecular weight is 254 g/mol. The maximum atomic E-state index is 12.7. The molecule has 17 heavy (non-hydrogen) atoms. The van der Waals surface area contributed by atoms with Crippen molar-refractivity contribution in [3.63, 3.8) is 0 Å². The summed E-state index contributed by atoms with van der Waals surface area (Å²) >= 11 is 1.09. The fraction of sp³-hybridized carbons (Fsp3) is 0. The van der Waals surface area contributed by atoms with E-state index in [4.69, 9.17) is 5.21 Å². The lowest BCUT2D eigenvalue weighted by atomic mass is 10.4. The highest BCUT2D eigenvalue weighted by molar-refractivity contribution is 7.99. The van der Waals surface area contributed by atoms with Crippen LogP contribution in [0.1, 0.15) is 0 Å². The topological polar surface area (TPSA) is 75.1 Å². The van der Waals surface area contributed by atoms with Gasteiger partial charge in [0.1, 0.15) is 5.82 Å². The van der Waals surface area contributed by atoms with E-state index in [0.717, 1.165) is 17.8 Å². The molecule has 5 nitrogen and oxygen atoms in total. The molecule has 0 fully saturated rings. The van der Waals surface area contributed by atoms with Crippen LogP contribution in [-0.4, -0.2) is 14.9 Å². The molecule has 88 valence electrons. The predicted octanol–water partition coefficient (Wildman–Crippen LogP) is 1.06. The van der Waals surface area contributed by atoms with Crippen molar-refractivity contribution in [3.05, 3.63) is 57.0 Å². The number of nitrogens with one attached hydrogen (secondary N) is 1. The Balaban J connectivity index is 2.34. The highest BCUT2D eigenvalue weighted by atomic mass is 32.2. The van der Waals surface area contributed by atoms with E-state index >= 15 is 0 Å². The van der Waals surface area contributed by atoms with Gasteiger partial charge in [0.15, 0.2) is 0 Å². The summed E-state index contributed by atoms with van der Waals surface area (Å²) in [4.78, 5) is 25.2. The van der Waals surface area contributed by atoms with Crippen molar-refractivity contribution < 1.29 is 9.60 Å². The fourth-order valence-electron chi connectivity index (χ4n) is 1.15. The molecule has 2 rings (SSSR count). The molecule has 0 amide bonds. The first kappa shape index (κ1) is 11.5. The van der Waals surface area contributed by atoms with Crippen molar-refractivity contribution in [1.82, 2.24) is 9.71 Å². The molecule has 2 aromatic rings. The maximum absolute atomic E-state index is 12.7. The van der Waals surface area contributed by atoms with Gasteiger partial charge in [-0.3, -0.25) is 9.78 Å². The van der Waals surface area contributed by atoms with E-state index in [0.29, 0.717) is 4.90 Å². The minimum absolute atomic E-state index is 0.0191. The van der Waals surface area contributed by atoms with Gasteiger partial charge in [-0.2, -0.15) is 0 Å². The highest BCUT2D eigenvalue weighted by Crippen LogP contribution is 2.24. The first-order valence-corrected chi connectivity index (χ1v) is 5.37. The first-order chi connectivity index (χ1) is 8.06. The molecule has 0 unspecified atom stereocenters. The summed E-state index contributed by atoms with van der Waals surface area (Å²) in [7, 11) is 0. The van der Waals surface area contributed by atoms with E-state index < -0.39 is 11.2 Å². The zero-order valence-corrected chi connectivity index (χ0v) is 9.20. The Kier molecular flexibility index (Phi) is 3.01. The number of halogens is 1. The van der Waals surface area contributed by atoms with Crippen LogP contribution < -0.4 is 11.2 Å². The summed E-state index contributed by atoms with van der Waals surface area (Å²) in [5.41, 5.74) is -1.74. The van der Waals surface area contributed by atoms with Gasteiger partial charge in [0.05, 0.1) is 5.03 Å². The molecule has 0 atom stereocenters. The molecule has 1 heterocycles. The normalized spacial score (nSPS) is 10.4. The molecule has 7 heteroatoms. The first-order valence-electron chi connectivity index (χ1n) is 4.55. The quantitative estimate of drug-likeness (QED) is 0.621. The second-order valence-electron chi connectivity index (χ2n) is 3.14. The number of aromatic nitrogens is 2. The predicted molar refractivity (Wildman–Crippen MR) is 59.0 cm³/mol. The minimum Gasteiger partial charge on any atom is -0.421 e. The van der Waals surface area contributed by atoms with Crippen molar-refractivity contribution in [1.29, 1.82) is 0 Å². The SMILES string of the molecule is O=c1cc(Sc2ccc(F)cc2)[nH]c(=O)n1O. The number of hydrogen-bond acceptors (Lipinski definition) is 4. The minimum atomic E-state index is -0.915. The van der Waals surface area contributed by atoms with Gasteiger partial charge in [-0.1, -0.05) is 16.5 Å². The Bertz CT molecular complexity index is 617. The Morgan fingerprint density at radius 2 is 1.88 bits per heavy atom. The summed E-state index contributed by atoms with van der Waals surface area (Å²) in [5.74, 6) is -0.367. The van der Waals surface area contributed by atoms with Gasteiger partial charge in [0.2, 0.25) is 0 Å². The lowest BCUT2D eigenvalue weighted by Crippen LogP contribution is -2.32. The lowest BCUT2D eigenvalue weighted by molar-refractivity contribution is 0.159. The van der Waals surface area contributed by atoms with E-state index in [1.54, 1.807) is 0 Å². The van der Waals surface area contributed by atoms with Crippen LogP contribution in [0, 0.1) is 5.82 Å². The van der Waals surface area contributed by atoms with E-state index in [1.807, 2.05) is 0 Å². The van der Waals surface area contributed by atoms with E-state index in [-0.39, 0.29) is 15.6 Å². The second kappa shape index (κ2) is 4.46.